The van der Waals surface area contributed by atoms with Crippen LogP contribution in [0, 0.1) is 0 Å². The molecule has 2 unspecified atom stereocenters. The molecule has 2 fully saturated rings. The highest BCUT2D eigenvalue weighted by Crippen LogP contribution is 2.40. The lowest BCUT2D eigenvalue weighted by Gasteiger charge is -2.42. The van der Waals surface area contributed by atoms with Gasteiger partial charge < -0.3 is 20.1 Å². The van der Waals surface area contributed by atoms with E-state index in [0.29, 0.717) is 19.4 Å². The third-order valence-electron chi connectivity index (χ3n) is 4.92. The second-order valence-electron chi connectivity index (χ2n) is 6.62. The molecule has 0 aromatic heterocycles. The van der Waals surface area contributed by atoms with Crippen LogP contribution in [0.5, 0.6) is 0 Å². The van der Waals surface area contributed by atoms with Gasteiger partial charge in [-0.1, -0.05) is 30.3 Å². The number of fused-ring (bicyclic) bond motifs is 2. The quantitative estimate of drug-likeness (QED) is 0.855. The van der Waals surface area contributed by atoms with Gasteiger partial charge in [0.05, 0.1) is 6.61 Å². The van der Waals surface area contributed by atoms with E-state index in [2.05, 4.69) is 0 Å². The van der Waals surface area contributed by atoms with Crippen molar-refractivity contribution in [3.8, 4) is 0 Å². The molecule has 6 nitrogen and oxygen atoms in total. The van der Waals surface area contributed by atoms with Crippen LogP contribution < -0.4 is 5.73 Å². The Balaban J connectivity index is 1.62. The average Bonchev–Trinajstić information content (AvgIpc) is 2.86. The molecule has 2 heterocycles. The van der Waals surface area contributed by atoms with Gasteiger partial charge >= 0.3 is 12.1 Å². The number of esters is 1. The summed E-state index contributed by atoms with van der Waals surface area (Å²) in [5.74, 6) is -0.362. The molecule has 3 rings (SSSR count). The van der Waals surface area contributed by atoms with E-state index in [4.69, 9.17) is 15.2 Å². The highest BCUT2D eigenvalue weighted by Gasteiger charge is 2.52. The number of hydrogen-bond acceptors (Lipinski definition) is 5. The highest BCUT2D eigenvalue weighted by molar-refractivity contribution is 5.81. The van der Waals surface area contributed by atoms with Crippen molar-refractivity contribution in [3.05, 3.63) is 35.9 Å². The zero-order valence-corrected chi connectivity index (χ0v) is 13.9. The first-order chi connectivity index (χ1) is 11.5. The molecule has 1 amide bonds. The second kappa shape index (κ2) is 6.81. The standard InChI is InChI=1S/C18H24N2O4/c1-2-23-16(21)18(19)10-14-8-9-15(11-18)20(14)17(22)24-12-13-6-4-3-5-7-13/h3-7,14-15H,2,8-12,19H2,1H3. The van der Waals surface area contributed by atoms with Crippen molar-refractivity contribution in [1.82, 2.24) is 4.90 Å². The van der Waals surface area contributed by atoms with Crippen LogP contribution in [0.15, 0.2) is 30.3 Å². The molecule has 0 spiro atoms. The van der Waals surface area contributed by atoms with Crippen LogP contribution in [0.4, 0.5) is 4.79 Å². The first kappa shape index (κ1) is 16.8. The Morgan fingerprint density at radius 1 is 1.17 bits per heavy atom. The molecular weight excluding hydrogens is 308 g/mol. The summed E-state index contributed by atoms with van der Waals surface area (Å²) in [5.41, 5.74) is 6.25. The lowest BCUT2D eigenvalue weighted by atomic mass is 9.84. The fourth-order valence-electron chi connectivity index (χ4n) is 3.82. The summed E-state index contributed by atoms with van der Waals surface area (Å²) in [6.45, 7) is 2.34. The largest absolute Gasteiger partial charge is 0.465 e. The number of hydrogen-bond donors (Lipinski definition) is 1. The zero-order chi connectivity index (χ0) is 17.2. The van der Waals surface area contributed by atoms with Gasteiger partial charge in [-0.05, 0) is 38.2 Å². The van der Waals surface area contributed by atoms with Crippen molar-refractivity contribution in [3.63, 3.8) is 0 Å². The summed E-state index contributed by atoms with van der Waals surface area (Å²) in [5, 5.41) is 0. The molecule has 130 valence electrons. The maximum absolute atomic E-state index is 12.5. The van der Waals surface area contributed by atoms with Gasteiger partial charge in [0.25, 0.3) is 0 Å². The first-order valence-electron chi connectivity index (χ1n) is 8.48. The highest BCUT2D eigenvalue weighted by atomic mass is 16.6. The third-order valence-corrected chi connectivity index (χ3v) is 4.92. The minimum atomic E-state index is -0.988. The fraction of sp³-hybridized carbons (Fsp3) is 0.556. The summed E-state index contributed by atoms with van der Waals surface area (Å²) in [6.07, 6.45) is 2.25. The molecule has 24 heavy (non-hydrogen) atoms. The molecule has 2 N–H and O–H groups in total. The number of amides is 1. The van der Waals surface area contributed by atoms with Crippen LogP contribution >= 0.6 is 0 Å². The Bertz CT molecular complexity index is 590. The van der Waals surface area contributed by atoms with E-state index in [1.165, 1.54) is 0 Å². The Morgan fingerprint density at radius 3 is 2.38 bits per heavy atom. The molecule has 2 atom stereocenters. The van der Waals surface area contributed by atoms with Gasteiger partial charge in [-0.3, -0.25) is 4.79 Å². The Labute approximate surface area is 141 Å². The molecule has 2 bridgehead atoms. The minimum absolute atomic E-state index is 0.0542. The van der Waals surface area contributed by atoms with Crippen LogP contribution in [0.3, 0.4) is 0 Å². The maximum atomic E-state index is 12.5. The van der Waals surface area contributed by atoms with Crippen molar-refractivity contribution >= 4 is 12.1 Å². The smallest absolute Gasteiger partial charge is 0.410 e. The molecule has 1 aromatic carbocycles. The number of benzene rings is 1. The molecular formula is C18H24N2O4. The summed E-state index contributed by atoms with van der Waals surface area (Å²) in [6, 6.07) is 9.48. The summed E-state index contributed by atoms with van der Waals surface area (Å²) in [7, 11) is 0. The van der Waals surface area contributed by atoms with Crippen molar-refractivity contribution < 1.29 is 19.1 Å². The van der Waals surface area contributed by atoms with Gasteiger partial charge in [-0.25, -0.2) is 4.79 Å². The molecule has 0 saturated carbocycles. The molecule has 1 aromatic rings. The van der Waals surface area contributed by atoms with E-state index in [1.807, 2.05) is 30.3 Å². The summed E-state index contributed by atoms with van der Waals surface area (Å²) < 4.78 is 10.6. The summed E-state index contributed by atoms with van der Waals surface area (Å²) >= 11 is 0. The van der Waals surface area contributed by atoms with Gasteiger partial charge in [0.15, 0.2) is 0 Å². The second-order valence-corrected chi connectivity index (χ2v) is 6.62. The van der Waals surface area contributed by atoms with E-state index >= 15 is 0 Å². The van der Waals surface area contributed by atoms with Gasteiger partial charge in [0, 0.05) is 12.1 Å². The minimum Gasteiger partial charge on any atom is -0.465 e. The summed E-state index contributed by atoms with van der Waals surface area (Å²) in [4.78, 5) is 26.4. The predicted molar refractivity (Wildman–Crippen MR) is 88.1 cm³/mol. The maximum Gasteiger partial charge on any atom is 0.410 e. The molecule has 2 saturated heterocycles. The lowest BCUT2D eigenvalue weighted by molar-refractivity contribution is -0.152. The van der Waals surface area contributed by atoms with Crippen LogP contribution in [0.25, 0.3) is 0 Å². The van der Waals surface area contributed by atoms with E-state index in [9.17, 15) is 9.59 Å². The number of carbonyl (C=O) groups excluding carboxylic acids is 2. The predicted octanol–water partition coefficient (Wildman–Crippen LogP) is 2.21. The number of nitrogens with zero attached hydrogens (tertiary/aromatic N) is 1. The van der Waals surface area contributed by atoms with Gasteiger partial charge in [-0.2, -0.15) is 0 Å². The SMILES string of the molecule is CCOC(=O)C1(N)CC2CCC(C1)N2C(=O)OCc1ccccc1. The Morgan fingerprint density at radius 2 is 1.79 bits per heavy atom. The van der Waals surface area contributed by atoms with E-state index in [1.54, 1.807) is 11.8 Å². The van der Waals surface area contributed by atoms with E-state index in [0.717, 1.165) is 18.4 Å². The van der Waals surface area contributed by atoms with Crippen molar-refractivity contribution in [2.75, 3.05) is 6.61 Å². The van der Waals surface area contributed by atoms with Crippen molar-refractivity contribution in [1.29, 1.82) is 0 Å². The van der Waals surface area contributed by atoms with Gasteiger partial charge in [0.2, 0.25) is 0 Å². The number of ether oxygens (including phenoxy) is 2. The van der Waals surface area contributed by atoms with Crippen LogP contribution in [0.1, 0.15) is 38.2 Å². The fourth-order valence-corrected chi connectivity index (χ4v) is 3.82. The van der Waals surface area contributed by atoms with Crippen molar-refractivity contribution in [2.45, 2.75) is 56.8 Å². The van der Waals surface area contributed by atoms with Crippen molar-refractivity contribution in [2.24, 2.45) is 5.73 Å². The molecule has 2 aliphatic rings. The Hall–Kier alpha value is -2.08. The molecule has 0 radical (unpaired) electrons. The first-order valence-corrected chi connectivity index (χ1v) is 8.48. The van der Waals surface area contributed by atoms with Crippen LogP contribution in [0.2, 0.25) is 0 Å². The number of nitrogens with two attached hydrogens (primary N) is 1. The van der Waals surface area contributed by atoms with Gasteiger partial charge in [0.1, 0.15) is 12.1 Å². The third kappa shape index (κ3) is 3.24. The average molecular weight is 332 g/mol. The van der Waals surface area contributed by atoms with Gasteiger partial charge in [-0.15, -0.1) is 0 Å². The number of piperidine rings is 1. The molecule has 6 heteroatoms. The normalized spacial score (nSPS) is 28.5. The van der Waals surface area contributed by atoms with Crippen LogP contribution in [-0.2, 0) is 20.9 Å². The number of carbonyl (C=O) groups is 2. The van der Waals surface area contributed by atoms with E-state index in [-0.39, 0.29) is 30.8 Å². The molecule has 2 aliphatic heterocycles. The lowest BCUT2D eigenvalue weighted by Crippen LogP contribution is -2.61. The van der Waals surface area contributed by atoms with Crippen LogP contribution in [-0.4, -0.2) is 41.2 Å². The monoisotopic (exact) mass is 332 g/mol. The topological polar surface area (TPSA) is 81.9 Å². The Kier molecular flexibility index (Phi) is 4.76. The van der Waals surface area contributed by atoms with E-state index < -0.39 is 5.54 Å². The molecule has 0 aliphatic carbocycles. The number of rotatable bonds is 4. The zero-order valence-electron chi connectivity index (χ0n) is 13.9.